The Morgan fingerprint density at radius 2 is 1.67 bits per heavy atom. The van der Waals surface area contributed by atoms with Crippen LogP contribution in [0.3, 0.4) is 0 Å². The molecule has 0 aliphatic heterocycles. The highest BCUT2D eigenvalue weighted by Gasteiger charge is 2.12. The Morgan fingerprint density at radius 3 is 2.29 bits per heavy atom. The van der Waals surface area contributed by atoms with E-state index in [2.05, 4.69) is 10.9 Å². The molecule has 0 saturated heterocycles. The van der Waals surface area contributed by atoms with E-state index < -0.39 is 11.8 Å². The van der Waals surface area contributed by atoms with Crippen molar-refractivity contribution in [1.29, 1.82) is 0 Å². The van der Waals surface area contributed by atoms with E-state index in [-0.39, 0.29) is 11.7 Å². The molecule has 24 heavy (non-hydrogen) atoms. The van der Waals surface area contributed by atoms with E-state index in [9.17, 15) is 9.59 Å². The summed E-state index contributed by atoms with van der Waals surface area (Å²) in [6.45, 7) is 4.01. The summed E-state index contributed by atoms with van der Waals surface area (Å²) in [6.07, 6.45) is 1.01. The first-order valence-electron chi connectivity index (χ1n) is 7.63. The van der Waals surface area contributed by atoms with Crippen molar-refractivity contribution in [2.45, 2.75) is 26.4 Å². The lowest BCUT2D eigenvalue weighted by atomic mass is 10.2. The second-order valence-corrected chi connectivity index (χ2v) is 5.66. The van der Waals surface area contributed by atoms with Crippen molar-refractivity contribution in [3.8, 4) is 5.75 Å². The summed E-state index contributed by atoms with van der Waals surface area (Å²) in [4.78, 5) is 24.0. The summed E-state index contributed by atoms with van der Waals surface area (Å²) in [7, 11) is 0. The maximum Gasteiger partial charge on any atom is 0.271 e. The smallest absolute Gasteiger partial charge is 0.271 e. The van der Waals surface area contributed by atoms with Gasteiger partial charge in [-0.05, 0) is 49.7 Å². The lowest BCUT2D eigenvalue weighted by Crippen LogP contribution is -2.41. The average molecular weight is 347 g/mol. The van der Waals surface area contributed by atoms with Gasteiger partial charge >= 0.3 is 0 Å². The summed E-state index contributed by atoms with van der Waals surface area (Å²) in [6, 6.07) is 13.3. The second kappa shape index (κ2) is 8.36. The molecule has 2 rings (SSSR count). The van der Waals surface area contributed by atoms with Gasteiger partial charge in [-0.15, -0.1) is 0 Å². The van der Waals surface area contributed by atoms with E-state index >= 15 is 0 Å². The number of rotatable bonds is 5. The number of carbonyl (C=O) groups excluding carboxylic acids is 2. The Labute approximate surface area is 145 Å². The van der Waals surface area contributed by atoms with Gasteiger partial charge in [0.1, 0.15) is 5.75 Å². The minimum absolute atomic E-state index is 0.111. The number of amides is 2. The van der Waals surface area contributed by atoms with E-state index in [1.807, 2.05) is 13.8 Å². The molecule has 1 atom stereocenters. The van der Waals surface area contributed by atoms with Gasteiger partial charge in [0.15, 0.2) is 0 Å². The van der Waals surface area contributed by atoms with Crippen molar-refractivity contribution in [2.75, 3.05) is 0 Å². The van der Waals surface area contributed by atoms with E-state index in [0.29, 0.717) is 16.3 Å². The highest BCUT2D eigenvalue weighted by molar-refractivity contribution is 6.33. The first-order valence-corrected chi connectivity index (χ1v) is 8.01. The Kier molecular flexibility index (Phi) is 6.21. The molecule has 0 aromatic heterocycles. The summed E-state index contributed by atoms with van der Waals surface area (Å²) in [5, 5.41) is 0.316. The fourth-order valence-electron chi connectivity index (χ4n) is 1.90. The van der Waals surface area contributed by atoms with Crippen LogP contribution in [-0.2, 0) is 0 Å². The number of nitrogens with one attached hydrogen (secondary N) is 2. The van der Waals surface area contributed by atoms with Crippen LogP contribution < -0.4 is 15.6 Å². The standard InChI is InChI=1S/C18H19ClN2O3/c1-3-12(2)24-14-10-8-13(9-11-14)17(22)20-21-18(23)15-6-4-5-7-16(15)19/h4-12H,3H2,1-2H3,(H,20,22)(H,21,23). The SMILES string of the molecule is CCC(C)Oc1ccc(C(=O)NNC(=O)c2ccccc2Cl)cc1. The van der Waals surface area contributed by atoms with Crippen molar-refractivity contribution < 1.29 is 14.3 Å². The topological polar surface area (TPSA) is 67.4 Å². The zero-order valence-electron chi connectivity index (χ0n) is 13.5. The van der Waals surface area contributed by atoms with Crippen molar-refractivity contribution in [1.82, 2.24) is 10.9 Å². The molecule has 0 radical (unpaired) electrons. The molecule has 2 aromatic carbocycles. The minimum Gasteiger partial charge on any atom is -0.491 e. The minimum atomic E-state index is -0.481. The van der Waals surface area contributed by atoms with Crippen LogP contribution in [0.2, 0.25) is 5.02 Å². The molecule has 0 aliphatic rings. The summed E-state index contributed by atoms with van der Waals surface area (Å²) >= 11 is 5.93. The predicted molar refractivity (Wildman–Crippen MR) is 93.2 cm³/mol. The van der Waals surface area contributed by atoms with Crippen LogP contribution in [0.4, 0.5) is 0 Å². The van der Waals surface area contributed by atoms with Gasteiger partial charge in [0.05, 0.1) is 16.7 Å². The Hall–Kier alpha value is -2.53. The monoisotopic (exact) mass is 346 g/mol. The molecule has 0 spiro atoms. The number of halogens is 1. The second-order valence-electron chi connectivity index (χ2n) is 5.25. The predicted octanol–water partition coefficient (Wildman–Crippen LogP) is 3.59. The zero-order valence-corrected chi connectivity index (χ0v) is 14.3. The molecule has 2 N–H and O–H groups in total. The van der Waals surface area contributed by atoms with Gasteiger partial charge in [-0.2, -0.15) is 0 Å². The van der Waals surface area contributed by atoms with Crippen LogP contribution in [-0.4, -0.2) is 17.9 Å². The molecule has 1 unspecified atom stereocenters. The molecule has 0 fully saturated rings. The number of hydrazine groups is 1. The first-order chi connectivity index (χ1) is 11.5. The highest BCUT2D eigenvalue weighted by Crippen LogP contribution is 2.15. The summed E-state index contributed by atoms with van der Waals surface area (Å²) < 4.78 is 5.65. The van der Waals surface area contributed by atoms with Gasteiger partial charge in [-0.25, -0.2) is 0 Å². The largest absolute Gasteiger partial charge is 0.491 e. The van der Waals surface area contributed by atoms with Crippen LogP contribution in [0, 0.1) is 0 Å². The normalized spacial score (nSPS) is 11.5. The van der Waals surface area contributed by atoms with Gasteiger partial charge in [-0.3, -0.25) is 20.4 Å². The van der Waals surface area contributed by atoms with Gasteiger partial charge in [0.2, 0.25) is 0 Å². The lowest BCUT2D eigenvalue weighted by Gasteiger charge is -2.13. The highest BCUT2D eigenvalue weighted by atomic mass is 35.5. The third-order valence-corrected chi connectivity index (χ3v) is 3.77. The van der Waals surface area contributed by atoms with E-state index in [0.717, 1.165) is 6.42 Å². The maximum atomic E-state index is 12.1. The van der Waals surface area contributed by atoms with Gasteiger partial charge in [-0.1, -0.05) is 30.7 Å². The van der Waals surface area contributed by atoms with Crippen LogP contribution in [0.1, 0.15) is 41.0 Å². The summed E-state index contributed by atoms with van der Waals surface area (Å²) in [5.41, 5.74) is 5.39. The maximum absolute atomic E-state index is 12.1. The Morgan fingerprint density at radius 1 is 1.04 bits per heavy atom. The van der Waals surface area contributed by atoms with Crippen molar-refractivity contribution >= 4 is 23.4 Å². The van der Waals surface area contributed by atoms with Crippen LogP contribution >= 0.6 is 11.6 Å². The molecule has 2 amide bonds. The van der Waals surface area contributed by atoms with Crippen molar-refractivity contribution in [3.05, 3.63) is 64.7 Å². The van der Waals surface area contributed by atoms with Crippen LogP contribution in [0.5, 0.6) is 5.75 Å². The molecule has 2 aromatic rings. The fourth-order valence-corrected chi connectivity index (χ4v) is 2.12. The first kappa shape index (κ1) is 17.8. The lowest BCUT2D eigenvalue weighted by molar-refractivity contribution is 0.0846. The van der Waals surface area contributed by atoms with E-state index in [1.165, 1.54) is 0 Å². The van der Waals surface area contributed by atoms with E-state index in [1.54, 1.807) is 48.5 Å². The van der Waals surface area contributed by atoms with E-state index in [4.69, 9.17) is 16.3 Å². The van der Waals surface area contributed by atoms with Crippen LogP contribution in [0.15, 0.2) is 48.5 Å². The Balaban J connectivity index is 1.93. The zero-order chi connectivity index (χ0) is 17.5. The third kappa shape index (κ3) is 4.73. The number of benzene rings is 2. The number of ether oxygens (including phenoxy) is 1. The molecular formula is C18H19ClN2O3. The molecule has 0 heterocycles. The Bertz CT molecular complexity index is 716. The molecular weight excluding hydrogens is 328 g/mol. The van der Waals surface area contributed by atoms with Crippen LogP contribution in [0.25, 0.3) is 0 Å². The third-order valence-electron chi connectivity index (χ3n) is 3.44. The molecule has 6 heteroatoms. The quantitative estimate of drug-likeness (QED) is 0.813. The van der Waals surface area contributed by atoms with Crippen molar-refractivity contribution in [2.24, 2.45) is 0 Å². The fraction of sp³-hybridized carbons (Fsp3) is 0.222. The molecule has 5 nitrogen and oxygen atoms in total. The van der Waals surface area contributed by atoms with Crippen molar-refractivity contribution in [3.63, 3.8) is 0 Å². The van der Waals surface area contributed by atoms with Gasteiger partial charge < -0.3 is 4.74 Å². The number of carbonyl (C=O) groups is 2. The number of hydrogen-bond donors (Lipinski definition) is 2. The van der Waals surface area contributed by atoms with Gasteiger partial charge in [0, 0.05) is 5.56 Å². The molecule has 126 valence electrons. The number of hydrogen-bond acceptors (Lipinski definition) is 3. The van der Waals surface area contributed by atoms with Gasteiger partial charge in [0.25, 0.3) is 11.8 Å². The average Bonchev–Trinajstić information content (AvgIpc) is 2.60. The summed E-state index contributed by atoms with van der Waals surface area (Å²) in [5.74, 6) is -0.211. The molecule has 0 saturated carbocycles. The molecule has 0 bridgehead atoms. The molecule has 0 aliphatic carbocycles.